The van der Waals surface area contributed by atoms with E-state index >= 15 is 0 Å². The molecule has 2 rings (SSSR count). The van der Waals surface area contributed by atoms with E-state index in [0.29, 0.717) is 6.04 Å². The molecule has 1 N–H and O–H groups in total. The molecule has 128 valence electrons. The van der Waals surface area contributed by atoms with Crippen molar-refractivity contribution in [3.63, 3.8) is 0 Å². The van der Waals surface area contributed by atoms with E-state index in [1.165, 1.54) is 45.6 Å². The number of piperazine rings is 1. The number of nitrogens with one attached hydrogen (secondary N) is 1. The summed E-state index contributed by atoms with van der Waals surface area (Å²) in [6, 6.07) is 0.702. The van der Waals surface area contributed by atoms with Gasteiger partial charge in [0.15, 0.2) is 0 Å². The Morgan fingerprint density at radius 3 is 2.18 bits per heavy atom. The predicted octanol–water partition coefficient (Wildman–Crippen LogP) is 0.861. The molecule has 0 spiro atoms. The number of piperidine rings is 1. The van der Waals surface area contributed by atoms with E-state index < -0.39 is 0 Å². The van der Waals surface area contributed by atoms with Crippen LogP contribution in [0.3, 0.4) is 0 Å². The van der Waals surface area contributed by atoms with Crippen molar-refractivity contribution >= 4 is 5.91 Å². The van der Waals surface area contributed by atoms with Gasteiger partial charge in [-0.2, -0.15) is 0 Å². The normalized spacial score (nSPS) is 23.1. The second kappa shape index (κ2) is 8.85. The van der Waals surface area contributed by atoms with Crippen LogP contribution < -0.4 is 5.32 Å². The monoisotopic (exact) mass is 310 g/mol. The number of rotatable bonds is 6. The Hall–Kier alpha value is -0.650. The summed E-state index contributed by atoms with van der Waals surface area (Å²) in [5.41, 5.74) is 0. The molecule has 2 saturated heterocycles. The lowest BCUT2D eigenvalue weighted by Crippen LogP contribution is -2.50. The molecule has 0 aromatic carbocycles. The summed E-state index contributed by atoms with van der Waals surface area (Å²) in [7, 11) is 0. The molecular weight excluding hydrogens is 276 g/mol. The SMILES string of the molecule is CC(=O)NCCN1CCN(CC2CCN(C(C)C)CC2)CC1. The molecule has 2 aliphatic rings. The Bertz CT molecular complexity index is 332. The standard InChI is InChI=1S/C17H34N4O/c1-15(2)21-7-4-17(5-8-21)14-20-12-10-19(11-13-20)9-6-18-16(3)22/h15,17H,4-14H2,1-3H3,(H,18,22). The van der Waals surface area contributed by atoms with Crippen LogP contribution in [0.4, 0.5) is 0 Å². The highest BCUT2D eigenvalue weighted by molar-refractivity contribution is 5.72. The first-order valence-corrected chi connectivity index (χ1v) is 8.98. The van der Waals surface area contributed by atoms with Gasteiger partial charge in [-0.1, -0.05) is 0 Å². The minimum atomic E-state index is 0.0753. The van der Waals surface area contributed by atoms with Crippen molar-refractivity contribution in [3.8, 4) is 0 Å². The highest BCUT2D eigenvalue weighted by Gasteiger charge is 2.24. The molecule has 22 heavy (non-hydrogen) atoms. The number of carbonyl (C=O) groups is 1. The molecule has 1 amide bonds. The van der Waals surface area contributed by atoms with Crippen LogP contribution in [-0.4, -0.2) is 85.6 Å². The summed E-state index contributed by atoms with van der Waals surface area (Å²) in [4.78, 5) is 18.6. The summed E-state index contributed by atoms with van der Waals surface area (Å²) >= 11 is 0. The molecule has 2 heterocycles. The number of hydrogen-bond donors (Lipinski definition) is 1. The number of carbonyl (C=O) groups excluding carboxylic acids is 1. The largest absolute Gasteiger partial charge is 0.355 e. The van der Waals surface area contributed by atoms with E-state index in [1.54, 1.807) is 6.92 Å². The summed E-state index contributed by atoms with van der Waals surface area (Å²) in [6.45, 7) is 16.5. The van der Waals surface area contributed by atoms with E-state index in [0.717, 1.165) is 32.1 Å². The molecule has 0 atom stereocenters. The molecule has 5 heteroatoms. The van der Waals surface area contributed by atoms with Crippen LogP contribution in [0.15, 0.2) is 0 Å². The van der Waals surface area contributed by atoms with Gasteiger partial charge in [-0.15, -0.1) is 0 Å². The molecule has 2 fully saturated rings. The Morgan fingerprint density at radius 2 is 1.64 bits per heavy atom. The summed E-state index contributed by atoms with van der Waals surface area (Å²) < 4.78 is 0. The van der Waals surface area contributed by atoms with Gasteiger partial charge in [0, 0.05) is 58.8 Å². The average molecular weight is 310 g/mol. The zero-order valence-electron chi connectivity index (χ0n) is 14.7. The molecule has 0 aliphatic carbocycles. The first kappa shape index (κ1) is 17.7. The van der Waals surface area contributed by atoms with E-state index in [9.17, 15) is 4.79 Å². The molecule has 0 radical (unpaired) electrons. The Balaban J connectivity index is 1.59. The minimum absolute atomic E-state index is 0.0753. The quantitative estimate of drug-likeness (QED) is 0.790. The van der Waals surface area contributed by atoms with Gasteiger partial charge in [0.2, 0.25) is 5.91 Å². The molecule has 0 bridgehead atoms. The number of likely N-dealkylation sites (tertiary alicyclic amines) is 1. The fourth-order valence-electron chi connectivity index (χ4n) is 3.60. The van der Waals surface area contributed by atoms with Crippen molar-refractivity contribution in [2.75, 3.05) is 58.9 Å². The number of amides is 1. The Labute approximate surface area is 136 Å². The second-order valence-corrected chi connectivity index (χ2v) is 7.20. The van der Waals surface area contributed by atoms with Crippen molar-refractivity contribution < 1.29 is 4.79 Å². The van der Waals surface area contributed by atoms with Gasteiger partial charge in [-0.3, -0.25) is 9.69 Å². The highest BCUT2D eigenvalue weighted by Crippen LogP contribution is 2.20. The average Bonchev–Trinajstić information content (AvgIpc) is 2.49. The maximum Gasteiger partial charge on any atom is 0.216 e. The maximum atomic E-state index is 10.9. The third kappa shape index (κ3) is 5.86. The van der Waals surface area contributed by atoms with Crippen LogP contribution >= 0.6 is 0 Å². The van der Waals surface area contributed by atoms with E-state index in [4.69, 9.17) is 0 Å². The minimum Gasteiger partial charge on any atom is -0.355 e. The van der Waals surface area contributed by atoms with Crippen molar-refractivity contribution in [3.05, 3.63) is 0 Å². The van der Waals surface area contributed by atoms with Crippen LogP contribution in [0.25, 0.3) is 0 Å². The zero-order valence-corrected chi connectivity index (χ0v) is 14.7. The number of hydrogen-bond acceptors (Lipinski definition) is 4. The van der Waals surface area contributed by atoms with Gasteiger partial charge in [0.1, 0.15) is 0 Å². The van der Waals surface area contributed by atoms with Gasteiger partial charge >= 0.3 is 0 Å². The van der Waals surface area contributed by atoms with E-state index in [2.05, 4.69) is 33.9 Å². The van der Waals surface area contributed by atoms with Crippen molar-refractivity contribution in [1.82, 2.24) is 20.0 Å². The van der Waals surface area contributed by atoms with Gasteiger partial charge in [0.25, 0.3) is 0 Å². The third-order valence-electron chi connectivity index (χ3n) is 5.16. The van der Waals surface area contributed by atoms with Crippen LogP contribution in [0.1, 0.15) is 33.6 Å². The van der Waals surface area contributed by atoms with Crippen LogP contribution in [0.2, 0.25) is 0 Å². The molecule has 0 aromatic heterocycles. The van der Waals surface area contributed by atoms with Gasteiger partial charge in [-0.25, -0.2) is 0 Å². The van der Waals surface area contributed by atoms with Crippen molar-refractivity contribution in [1.29, 1.82) is 0 Å². The number of nitrogens with zero attached hydrogens (tertiary/aromatic N) is 3. The molecule has 0 unspecified atom stereocenters. The van der Waals surface area contributed by atoms with E-state index in [1.807, 2.05) is 0 Å². The van der Waals surface area contributed by atoms with Crippen LogP contribution in [-0.2, 0) is 4.79 Å². The predicted molar refractivity (Wildman–Crippen MR) is 91.0 cm³/mol. The first-order valence-electron chi connectivity index (χ1n) is 8.98. The summed E-state index contributed by atoms with van der Waals surface area (Å²) in [5, 5.41) is 2.88. The van der Waals surface area contributed by atoms with Gasteiger partial charge in [0.05, 0.1) is 0 Å². The van der Waals surface area contributed by atoms with Crippen molar-refractivity contribution in [2.45, 2.75) is 39.7 Å². The van der Waals surface area contributed by atoms with Crippen molar-refractivity contribution in [2.24, 2.45) is 5.92 Å². The topological polar surface area (TPSA) is 38.8 Å². The fraction of sp³-hybridized carbons (Fsp3) is 0.941. The zero-order chi connectivity index (χ0) is 15.9. The lowest BCUT2D eigenvalue weighted by Gasteiger charge is -2.39. The van der Waals surface area contributed by atoms with Gasteiger partial charge < -0.3 is 15.1 Å². The third-order valence-corrected chi connectivity index (χ3v) is 5.16. The smallest absolute Gasteiger partial charge is 0.216 e. The summed E-state index contributed by atoms with van der Waals surface area (Å²) in [6.07, 6.45) is 2.72. The lowest BCUT2D eigenvalue weighted by atomic mass is 9.95. The molecule has 0 aromatic rings. The highest BCUT2D eigenvalue weighted by atomic mass is 16.1. The Kier molecular flexibility index (Phi) is 7.12. The first-order chi connectivity index (χ1) is 10.5. The van der Waals surface area contributed by atoms with Crippen LogP contribution in [0, 0.1) is 5.92 Å². The van der Waals surface area contributed by atoms with E-state index in [-0.39, 0.29) is 5.91 Å². The maximum absolute atomic E-state index is 10.9. The second-order valence-electron chi connectivity index (χ2n) is 7.20. The Morgan fingerprint density at radius 1 is 1.05 bits per heavy atom. The molecule has 0 saturated carbocycles. The fourth-order valence-corrected chi connectivity index (χ4v) is 3.60. The van der Waals surface area contributed by atoms with Gasteiger partial charge in [-0.05, 0) is 45.7 Å². The van der Waals surface area contributed by atoms with Crippen LogP contribution in [0.5, 0.6) is 0 Å². The lowest BCUT2D eigenvalue weighted by molar-refractivity contribution is -0.119. The molecule has 5 nitrogen and oxygen atoms in total. The molecule has 2 aliphatic heterocycles. The molecular formula is C17H34N4O. The summed E-state index contributed by atoms with van der Waals surface area (Å²) in [5.74, 6) is 0.965.